The molecule has 0 amide bonds. The molecule has 0 aliphatic carbocycles. The van der Waals surface area contributed by atoms with Gasteiger partial charge in [0.25, 0.3) is 0 Å². The van der Waals surface area contributed by atoms with Crippen LogP contribution in [0.25, 0.3) is 6.08 Å². The van der Waals surface area contributed by atoms with E-state index in [-0.39, 0.29) is 0 Å². The van der Waals surface area contributed by atoms with E-state index in [1.807, 2.05) is 27.7 Å². The van der Waals surface area contributed by atoms with Gasteiger partial charge in [-0.25, -0.2) is 0 Å². The smallest absolute Gasteiger partial charge is 0.132 e. The highest BCUT2D eigenvalue weighted by molar-refractivity contribution is 5.63. The lowest BCUT2D eigenvalue weighted by atomic mass is 9.91. The van der Waals surface area contributed by atoms with E-state index < -0.39 is 0 Å². The van der Waals surface area contributed by atoms with Gasteiger partial charge in [-0.1, -0.05) is 65.0 Å². The fourth-order valence-corrected chi connectivity index (χ4v) is 3.18. The summed E-state index contributed by atoms with van der Waals surface area (Å²) in [6, 6.07) is 15.0. The predicted molar refractivity (Wildman–Crippen MR) is 130 cm³/mol. The summed E-state index contributed by atoms with van der Waals surface area (Å²) in [7, 11) is 3.84. The van der Waals surface area contributed by atoms with Gasteiger partial charge in [-0.3, -0.25) is 0 Å². The summed E-state index contributed by atoms with van der Waals surface area (Å²) in [5, 5.41) is 5.52. The molecule has 3 heteroatoms. The summed E-state index contributed by atoms with van der Waals surface area (Å²) in [5.74, 6) is 1.45. The zero-order valence-corrected chi connectivity index (χ0v) is 19.9. The van der Waals surface area contributed by atoms with Gasteiger partial charge in [-0.15, -0.1) is 0 Å². The molecule has 0 fully saturated rings. The van der Waals surface area contributed by atoms with Crippen molar-refractivity contribution in [1.29, 1.82) is 0 Å². The van der Waals surface area contributed by atoms with Gasteiger partial charge >= 0.3 is 0 Å². The Morgan fingerprint density at radius 2 is 1.72 bits per heavy atom. The fourth-order valence-electron chi connectivity index (χ4n) is 3.18. The Hall–Kier alpha value is -2.26. The Kier molecular flexibility index (Phi) is 15.4. The Morgan fingerprint density at radius 1 is 1.03 bits per heavy atom. The van der Waals surface area contributed by atoms with Crippen LogP contribution in [0.4, 0.5) is 11.4 Å². The molecule has 0 aliphatic heterocycles. The molecule has 0 aliphatic rings. The van der Waals surface area contributed by atoms with Gasteiger partial charge < -0.3 is 15.4 Å². The molecule has 3 N–H and O–H groups in total. The topological polar surface area (TPSA) is 37.9 Å². The van der Waals surface area contributed by atoms with Crippen LogP contribution in [0.5, 0.6) is 5.75 Å². The van der Waals surface area contributed by atoms with E-state index in [4.69, 9.17) is 4.74 Å². The largest absolute Gasteiger partial charge is 0.496 e. The van der Waals surface area contributed by atoms with E-state index in [1.54, 1.807) is 7.11 Å². The van der Waals surface area contributed by atoms with Crippen LogP contribution >= 0.6 is 0 Å². The van der Waals surface area contributed by atoms with Crippen LogP contribution in [0.1, 0.15) is 71.4 Å². The number of hydrogen-bond donors (Lipinski definition) is 2. The summed E-state index contributed by atoms with van der Waals surface area (Å²) in [6.07, 6.45) is 6.60. The zero-order valence-electron chi connectivity index (χ0n) is 19.9. The maximum Gasteiger partial charge on any atom is 0.132 e. The second-order valence-corrected chi connectivity index (χ2v) is 6.15. The minimum absolute atomic E-state index is 0.538. The van der Waals surface area contributed by atoms with E-state index in [0.29, 0.717) is 5.92 Å². The van der Waals surface area contributed by atoms with Crippen LogP contribution in [0.3, 0.4) is 0 Å². The average Bonchev–Trinajstić information content (AvgIpc) is 2.80. The highest BCUT2D eigenvalue weighted by Crippen LogP contribution is 2.29. The van der Waals surface area contributed by atoms with Gasteiger partial charge in [-0.2, -0.15) is 0 Å². The second kappa shape index (κ2) is 16.7. The molecule has 0 radical (unpaired) electrons. The number of ether oxygens (including phenoxy) is 1. The maximum absolute atomic E-state index is 5.54. The predicted octanol–water partition coefficient (Wildman–Crippen LogP) is 6.60. The molecule has 162 valence electrons. The zero-order chi connectivity index (χ0) is 22.1. The van der Waals surface area contributed by atoms with Crippen LogP contribution in [0.15, 0.2) is 48.5 Å². The molecule has 0 saturated heterocycles. The molecule has 0 aromatic heterocycles. The Labute approximate surface area is 179 Å². The summed E-state index contributed by atoms with van der Waals surface area (Å²) >= 11 is 0. The number of rotatable bonds is 9. The number of anilines is 1. The van der Waals surface area contributed by atoms with Gasteiger partial charge in [0.2, 0.25) is 0 Å². The van der Waals surface area contributed by atoms with Crippen molar-refractivity contribution in [1.82, 2.24) is 0 Å². The SMILES string of the molecule is CC.CC.CCNc1ccc(/C=C/CC(CC)c2ccccc2[NH2+]C)c(OC)c1. The minimum Gasteiger partial charge on any atom is -0.496 e. The number of nitrogens with two attached hydrogens (primary N) is 1. The Morgan fingerprint density at radius 3 is 2.31 bits per heavy atom. The monoisotopic (exact) mass is 399 g/mol. The van der Waals surface area contributed by atoms with E-state index in [2.05, 4.69) is 86.1 Å². The quantitative estimate of drug-likeness (QED) is 0.466. The van der Waals surface area contributed by atoms with Crippen molar-refractivity contribution in [3.05, 3.63) is 59.7 Å². The van der Waals surface area contributed by atoms with Crippen molar-refractivity contribution in [3.8, 4) is 5.75 Å². The van der Waals surface area contributed by atoms with Crippen molar-refractivity contribution in [3.63, 3.8) is 0 Å². The van der Waals surface area contributed by atoms with Crippen LogP contribution in [-0.4, -0.2) is 20.7 Å². The number of methoxy groups -OCH3 is 1. The molecule has 2 aromatic rings. The number of nitrogens with one attached hydrogen (secondary N) is 1. The van der Waals surface area contributed by atoms with E-state index in [1.165, 1.54) is 11.3 Å². The molecule has 0 spiro atoms. The van der Waals surface area contributed by atoms with Crippen molar-refractivity contribution in [2.75, 3.05) is 26.0 Å². The standard InChI is InChI=1S/C22H30N2O.2C2H6/c1-5-17(20-12-7-8-13-21(20)23-3)10-9-11-18-14-15-19(24-6-2)16-22(18)25-4;2*1-2/h7-9,11-17,23-24H,5-6,10H2,1-4H3;2*1-2H3/p+1/b11-9+;;. The maximum atomic E-state index is 5.54. The lowest BCUT2D eigenvalue weighted by molar-refractivity contribution is -0.540. The van der Waals surface area contributed by atoms with Crippen molar-refractivity contribution in [2.24, 2.45) is 0 Å². The number of allylic oxidation sites excluding steroid dienone is 1. The molecular weight excluding hydrogens is 356 g/mol. The average molecular weight is 400 g/mol. The molecule has 1 unspecified atom stereocenters. The molecule has 2 rings (SSSR count). The van der Waals surface area contributed by atoms with Crippen LogP contribution in [0.2, 0.25) is 0 Å². The molecule has 29 heavy (non-hydrogen) atoms. The fraction of sp³-hybridized carbons (Fsp3) is 0.462. The number of para-hydroxylation sites is 1. The van der Waals surface area contributed by atoms with Gasteiger partial charge in [0.15, 0.2) is 0 Å². The second-order valence-electron chi connectivity index (χ2n) is 6.15. The molecule has 3 nitrogen and oxygen atoms in total. The first-order chi connectivity index (χ1) is 14.2. The van der Waals surface area contributed by atoms with Crippen LogP contribution in [0, 0.1) is 0 Å². The molecule has 1 atom stereocenters. The highest BCUT2D eigenvalue weighted by atomic mass is 16.5. The first-order valence-corrected chi connectivity index (χ1v) is 11.2. The van der Waals surface area contributed by atoms with Gasteiger partial charge in [-0.05, 0) is 43.9 Å². The third-order valence-corrected chi connectivity index (χ3v) is 4.57. The molecular formula is C26H43N2O+. The van der Waals surface area contributed by atoms with Gasteiger partial charge in [0, 0.05) is 29.4 Å². The Bertz CT molecular complexity index is 695. The van der Waals surface area contributed by atoms with E-state index in [0.717, 1.165) is 36.4 Å². The van der Waals surface area contributed by atoms with Gasteiger partial charge in [0.05, 0.1) is 14.2 Å². The Balaban J connectivity index is 0.00000184. The summed E-state index contributed by atoms with van der Waals surface area (Å²) in [5.41, 5.74) is 4.99. The minimum atomic E-state index is 0.538. The normalized spacial score (nSPS) is 11.0. The number of quaternary nitrogens is 1. The van der Waals surface area contributed by atoms with E-state index in [9.17, 15) is 0 Å². The first kappa shape index (κ1) is 26.7. The molecule has 2 aromatic carbocycles. The van der Waals surface area contributed by atoms with E-state index >= 15 is 0 Å². The van der Waals surface area contributed by atoms with Crippen LogP contribution < -0.4 is 15.4 Å². The molecule has 0 heterocycles. The van der Waals surface area contributed by atoms with Gasteiger partial charge in [0.1, 0.15) is 11.4 Å². The first-order valence-electron chi connectivity index (χ1n) is 11.2. The highest BCUT2D eigenvalue weighted by Gasteiger charge is 2.13. The molecule has 0 saturated carbocycles. The third-order valence-electron chi connectivity index (χ3n) is 4.57. The summed E-state index contributed by atoms with van der Waals surface area (Å²) < 4.78 is 5.54. The van der Waals surface area contributed by atoms with Crippen molar-refractivity contribution in [2.45, 2.75) is 60.3 Å². The van der Waals surface area contributed by atoms with Crippen LogP contribution in [-0.2, 0) is 0 Å². The lowest BCUT2D eigenvalue weighted by Gasteiger charge is -2.15. The van der Waals surface area contributed by atoms with Crippen molar-refractivity contribution >= 4 is 17.5 Å². The lowest BCUT2D eigenvalue weighted by Crippen LogP contribution is -2.73. The van der Waals surface area contributed by atoms with Crippen molar-refractivity contribution < 1.29 is 10.1 Å². The number of hydrogen-bond acceptors (Lipinski definition) is 2. The third kappa shape index (κ3) is 8.74. The summed E-state index contributed by atoms with van der Waals surface area (Å²) in [4.78, 5) is 0. The summed E-state index contributed by atoms with van der Waals surface area (Å²) in [6.45, 7) is 13.3. The number of benzene rings is 2. The molecule has 0 bridgehead atoms.